The highest BCUT2D eigenvalue weighted by molar-refractivity contribution is 4.79. The zero-order valence-electron chi connectivity index (χ0n) is 8.84. The molecule has 1 heteroatoms. The van der Waals surface area contributed by atoms with Gasteiger partial charge in [0.05, 0.1) is 0 Å². The van der Waals surface area contributed by atoms with Crippen LogP contribution < -0.4 is 0 Å². The normalized spacial score (nSPS) is 11.7. The van der Waals surface area contributed by atoms with Gasteiger partial charge < -0.3 is 4.90 Å². The Hall–Kier alpha value is -0.300. The molecule has 0 N–H and O–H groups in total. The fourth-order valence-electron chi connectivity index (χ4n) is 1.09. The molecule has 0 atom stereocenters. The second-order valence-electron chi connectivity index (χ2n) is 3.27. The van der Waals surface area contributed by atoms with E-state index >= 15 is 0 Å². The van der Waals surface area contributed by atoms with Crippen LogP contribution in [0.5, 0.6) is 0 Å². The molecule has 0 aromatic rings. The minimum Gasteiger partial charge on any atom is -0.307 e. The topological polar surface area (TPSA) is 3.24 Å². The summed E-state index contributed by atoms with van der Waals surface area (Å²) in [6.07, 6.45) is 9.65. The minimum atomic E-state index is 1.17. The van der Waals surface area contributed by atoms with E-state index in [1.54, 1.807) is 0 Å². The molecule has 0 amide bonds. The maximum Gasteiger partial charge on any atom is -0.00218 e. The van der Waals surface area contributed by atoms with Crippen molar-refractivity contribution in [2.24, 2.45) is 0 Å². The van der Waals surface area contributed by atoms with E-state index in [2.05, 4.69) is 37.9 Å². The fourth-order valence-corrected chi connectivity index (χ4v) is 1.09. The molecule has 0 heterocycles. The minimum absolute atomic E-state index is 1.17. The Morgan fingerprint density at radius 1 is 1.08 bits per heavy atom. The van der Waals surface area contributed by atoms with Crippen molar-refractivity contribution in [3.63, 3.8) is 0 Å². The summed E-state index contributed by atoms with van der Waals surface area (Å²) >= 11 is 0. The smallest absolute Gasteiger partial charge is 0.00218 e. The van der Waals surface area contributed by atoms with Gasteiger partial charge in [0.2, 0.25) is 0 Å². The Morgan fingerprint density at radius 3 is 2.42 bits per heavy atom. The lowest BCUT2D eigenvalue weighted by Crippen LogP contribution is -2.18. The summed E-state index contributed by atoms with van der Waals surface area (Å²) in [5.74, 6) is 0. The molecule has 0 saturated heterocycles. The number of allylic oxidation sites excluding steroid dienone is 2. The van der Waals surface area contributed by atoms with E-state index in [0.717, 1.165) is 0 Å². The van der Waals surface area contributed by atoms with Gasteiger partial charge in [-0.1, -0.05) is 26.0 Å². The van der Waals surface area contributed by atoms with Crippen molar-refractivity contribution >= 4 is 0 Å². The number of rotatable bonds is 7. The first-order chi connectivity index (χ1) is 5.81. The summed E-state index contributed by atoms with van der Waals surface area (Å²) in [7, 11) is 2.18. The Morgan fingerprint density at radius 2 is 1.83 bits per heavy atom. The van der Waals surface area contributed by atoms with Gasteiger partial charge in [-0.25, -0.2) is 0 Å². The van der Waals surface area contributed by atoms with Crippen molar-refractivity contribution < 1.29 is 0 Å². The van der Waals surface area contributed by atoms with Gasteiger partial charge in [0.15, 0.2) is 0 Å². The summed E-state index contributed by atoms with van der Waals surface area (Å²) < 4.78 is 0. The molecule has 12 heavy (non-hydrogen) atoms. The second kappa shape index (κ2) is 8.79. The van der Waals surface area contributed by atoms with Crippen molar-refractivity contribution in [2.45, 2.75) is 39.5 Å². The summed E-state index contributed by atoms with van der Waals surface area (Å²) in [4.78, 5) is 2.36. The lowest BCUT2D eigenvalue weighted by atomic mass is 10.2. The van der Waals surface area contributed by atoms with Crippen LogP contribution in [0.3, 0.4) is 0 Å². The third-order valence-corrected chi connectivity index (χ3v) is 2.10. The molecule has 0 spiro atoms. The van der Waals surface area contributed by atoms with Gasteiger partial charge in [-0.3, -0.25) is 0 Å². The van der Waals surface area contributed by atoms with Crippen molar-refractivity contribution in [2.75, 3.05) is 20.1 Å². The molecule has 0 aromatic carbocycles. The molecule has 0 unspecified atom stereocenters. The van der Waals surface area contributed by atoms with Crippen LogP contribution in [0.25, 0.3) is 0 Å². The third kappa shape index (κ3) is 7.80. The van der Waals surface area contributed by atoms with E-state index in [9.17, 15) is 0 Å². The molecular formula is C11H23N. The second-order valence-corrected chi connectivity index (χ2v) is 3.27. The van der Waals surface area contributed by atoms with Crippen LogP contribution in [0, 0.1) is 0 Å². The molecule has 0 saturated carbocycles. The lowest BCUT2D eigenvalue weighted by molar-refractivity contribution is 0.344. The maximum atomic E-state index is 2.36. The summed E-state index contributed by atoms with van der Waals surface area (Å²) in [6, 6.07) is 0. The number of nitrogens with zero attached hydrogens (tertiary/aromatic N) is 1. The van der Waals surface area contributed by atoms with Gasteiger partial charge in [-0.15, -0.1) is 0 Å². The van der Waals surface area contributed by atoms with E-state index in [1.165, 1.54) is 38.8 Å². The van der Waals surface area contributed by atoms with Gasteiger partial charge in [0.25, 0.3) is 0 Å². The third-order valence-electron chi connectivity index (χ3n) is 2.10. The van der Waals surface area contributed by atoms with E-state index in [4.69, 9.17) is 0 Å². The van der Waals surface area contributed by atoms with Crippen LogP contribution in [-0.2, 0) is 0 Å². The number of hydrogen-bond donors (Lipinski definition) is 0. The van der Waals surface area contributed by atoms with Gasteiger partial charge in [-0.05, 0) is 45.8 Å². The van der Waals surface area contributed by atoms with Gasteiger partial charge >= 0.3 is 0 Å². The zero-order chi connectivity index (χ0) is 9.23. The Balaban J connectivity index is 3.05. The van der Waals surface area contributed by atoms with Gasteiger partial charge in [-0.2, -0.15) is 0 Å². The van der Waals surface area contributed by atoms with Crippen LogP contribution >= 0.6 is 0 Å². The van der Waals surface area contributed by atoms with E-state index in [1.807, 2.05) is 0 Å². The lowest BCUT2D eigenvalue weighted by Gasteiger charge is -2.12. The first kappa shape index (κ1) is 11.7. The van der Waals surface area contributed by atoms with Crippen molar-refractivity contribution in [3.8, 4) is 0 Å². The van der Waals surface area contributed by atoms with Gasteiger partial charge in [0, 0.05) is 0 Å². The SMILES string of the molecule is CCC=CCCCCN(C)CC. The van der Waals surface area contributed by atoms with Crippen LogP contribution in [0.15, 0.2) is 12.2 Å². The monoisotopic (exact) mass is 169 g/mol. The molecule has 0 fully saturated rings. The predicted molar refractivity (Wildman–Crippen MR) is 56.5 cm³/mol. The highest BCUT2D eigenvalue weighted by atomic mass is 15.1. The van der Waals surface area contributed by atoms with Crippen LogP contribution in [0.1, 0.15) is 39.5 Å². The quantitative estimate of drug-likeness (QED) is 0.418. The molecule has 0 aliphatic heterocycles. The van der Waals surface area contributed by atoms with Gasteiger partial charge in [0.1, 0.15) is 0 Å². The highest BCUT2D eigenvalue weighted by Crippen LogP contribution is 1.98. The molecule has 0 aliphatic rings. The number of hydrogen-bond acceptors (Lipinski definition) is 1. The van der Waals surface area contributed by atoms with Crippen LogP contribution in [0.2, 0.25) is 0 Å². The standard InChI is InChI=1S/C11H23N/c1-4-6-7-8-9-10-11-12(3)5-2/h6-7H,4-5,8-11H2,1-3H3. The molecule has 0 bridgehead atoms. The molecule has 0 aromatic heterocycles. The molecule has 1 nitrogen and oxygen atoms in total. The average Bonchev–Trinajstić information content (AvgIpc) is 2.10. The molecular weight excluding hydrogens is 146 g/mol. The van der Waals surface area contributed by atoms with E-state index in [0.29, 0.717) is 0 Å². The summed E-state index contributed by atoms with van der Waals surface area (Å²) in [5, 5.41) is 0. The van der Waals surface area contributed by atoms with E-state index in [-0.39, 0.29) is 0 Å². The predicted octanol–water partition coefficient (Wildman–Crippen LogP) is 3.07. The molecule has 0 rings (SSSR count). The summed E-state index contributed by atoms with van der Waals surface area (Å²) in [6.45, 7) is 6.81. The average molecular weight is 169 g/mol. The van der Waals surface area contributed by atoms with Crippen LogP contribution in [-0.4, -0.2) is 25.0 Å². The van der Waals surface area contributed by atoms with Crippen molar-refractivity contribution in [3.05, 3.63) is 12.2 Å². The Kier molecular flexibility index (Phi) is 8.57. The molecule has 72 valence electrons. The zero-order valence-corrected chi connectivity index (χ0v) is 8.84. The van der Waals surface area contributed by atoms with Crippen LogP contribution in [0.4, 0.5) is 0 Å². The van der Waals surface area contributed by atoms with E-state index < -0.39 is 0 Å². The van der Waals surface area contributed by atoms with Crippen molar-refractivity contribution in [1.29, 1.82) is 0 Å². The number of unbranched alkanes of at least 4 members (excludes halogenated alkanes) is 2. The Labute approximate surface area is 77.5 Å². The first-order valence-electron chi connectivity index (χ1n) is 5.14. The summed E-state index contributed by atoms with van der Waals surface area (Å²) in [5.41, 5.74) is 0. The molecule has 0 radical (unpaired) electrons. The largest absolute Gasteiger partial charge is 0.307 e. The Bertz CT molecular complexity index is 108. The first-order valence-corrected chi connectivity index (χ1v) is 5.14. The highest BCUT2D eigenvalue weighted by Gasteiger charge is 1.92. The van der Waals surface area contributed by atoms with Crippen molar-refractivity contribution in [1.82, 2.24) is 4.90 Å². The molecule has 0 aliphatic carbocycles. The fraction of sp³-hybridized carbons (Fsp3) is 0.818. The maximum absolute atomic E-state index is 2.36.